The summed E-state index contributed by atoms with van der Waals surface area (Å²) in [4.78, 5) is 16.7. The normalized spacial score (nSPS) is 16.4. The smallest absolute Gasteiger partial charge is 0.222 e. The van der Waals surface area contributed by atoms with E-state index >= 15 is 0 Å². The maximum atomic E-state index is 12.1. The van der Waals surface area contributed by atoms with Crippen LogP contribution < -0.4 is 5.73 Å². The van der Waals surface area contributed by atoms with Gasteiger partial charge in [0.05, 0.1) is 0 Å². The number of carbonyl (C=O) groups excluding carboxylic acids is 1. The molecule has 0 aromatic rings. The topological polar surface area (TPSA) is 49.6 Å². The van der Waals surface area contributed by atoms with Gasteiger partial charge in [0, 0.05) is 32.6 Å². The molecule has 1 saturated heterocycles. The van der Waals surface area contributed by atoms with E-state index in [2.05, 4.69) is 16.7 Å². The summed E-state index contributed by atoms with van der Waals surface area (Å²) < 4.78 is 0. The van der Waals surface area contributed by atoms with E-state index in [4.69, 9.17) is 5.73 Å². The molecule has 124 valence electrons. The molecule has 1 heterocycles. The van der Waals surface area contributed by atoms with Gasteiger partial charge in [-0.25, -0.2) is 0 Å². The lowest BCUT2D eigenvalue weighted by atomic mass is 10.1. The number of piperazine rings is 1. The molecule has 0 aromatic carbocycles. The molecule has 1 amide bonds. The third kappa shape index (κ3) is 8.42. The number of amides is 1. The van der Waals surface area contributed by atoms with Gasteiger partial charge >= 0.3 is 0 Å². The second kappa shape index (κ2) is 12.0. The number of rotatable bonds is 11. The van der Waals surface area contributed by atoms with E-state index in [1.807, 2.05) is 0 Å². The number of carbonyl (C=O) groups is 1. The van der Waals surface area contributed by atoms with Gasteiger partial charge in [0.15, 0.2) is 0 Å². The van der Waals surface area contributed by atoms with Crippen molar-refractivity contribution in [2.75, 3.05) is 39.3 Å². The zero-order valence-electron chi connectivity index (χ0n) is 14.0. The van der Waals surface area contributed by atoms with Crippen molar-refractivity contribution in [1.29, 1.82) is 0 Å². The molecule has 21 heavy (non-hydrogen) atoms. The second-order valence-electron chi connectivity index (χ2n) is 6.24. The Bertz CT molecular complexity index is 263. The third-order valence-electron chi connectivity index (χ3n) is 4.40. The van der Waals surface area contributed by atoms with Gasteiger partial charge in [-0.3, -0.25) is 9.69 Å². The first-order valence-electron chi connectivity index (χ1n) is 8.98. The summed E-state index contributed by atoms with van der Waals surface area (Å²) in [7, 11) is 0. The summed E-state index contributed by atoms with van der Waals surface area (Å²) in [5.41, 5.74) is 5.52. The van der Waals surface area contributed by atoms with Crippen molar-refractivity contribution < 1.29 is 4.79 Å². The molecule has 0 aromatic heterocycles. The minimum absolute atomic E-state index is 0.368. The second-order valence-corrected chi connectivity index (χ2v) is 6.24. The molecule has 0 unspecified atom stereocenters. The lowest BCUT2D eigenvalue weighted by molar-refractivity contribution is -0.133. The summed E-state index contributed by atoms with van der Waals surface area (Å²) in [6.07, 6.45) is 10.6. The number of unbranched alkanes of at least 4 members (excludes halogenated alkanes) is 6. The molecule has 1 aliphatic heterocycles. The van der Waals surface area contributed by atoms with Crippen molar-refractivity contribution in [3.8, 4) is 0 Å². The van der Waals surface area contributed by atoms with Gasteiger partial charge < -0.3 is 10.6 Å². The molecule has 4 heteroatoms. The third-order valence-corrected chi connectivity index (χ3v) is 4.40. The standard InChI is InChI=1S/C17H35N3O/c1-2-3-4-5-6-7-10-17(21)20-15-13-19(14-16-20)12-9-8-11-18/h2-16,18H2,1H3. The monoisotopic (exact) mass is 297 g/mol. The minimum atomic E-state index is 0.368. The highest BCUT2D eigenvalue weighted by atomic mass is 16.2. The van der Waals surface area contributed by atoms with Crippen LogP contribution >= 0.6 is 0 Å². The molecular weight excluding hydrogens is 262 g/mol. The molecule has 0 atom stereocenters. The molecule has 4 nitrogen and oxygen atoms in total. The van der Waals surface area contributed by atoms with Crippen LogP contribution in [0.2, 0.25) is 0 Å². The van der Waals surface area contributed by atoms with E-state index in [-0.39, 0.29) is 0 Å². The molecule has 2 N–H and O–H groups in total. The van der Waals surface area contributed by atoms with Crippen molar-refractivity contribution in [2.24, 2.45) is 5.73 Å². The van der Waals surface area contributed by atoms with E-state index in [1.54, 1.807) is 0 Å². The fraction of sp³-hybridized carbons (Fsp3) is 0.941. The lowest BCUT2D eigenvalue weighted by Crippen LogP contribution is -2.48. The average molecular weight is 297 g/mol. The maximum Gasteiger partial charge on any atom is 0.222 e. The van der Waals surface area contributed by atoms with Gasteiger partial charge in [0.1, 0.15) is 0 Å². The summed E-state index contributed by atoms with van der Waals surface area (Å²) >= 11 is 0. The van der Waals surface area contributed by atoms with Gasteiger partial charge in [-0.2, -0.15) is 0 Å². The van der Waals surface area contributed by atoms with E-state index in [0.717, 1.165) is 58.5 Å². The molecule has 0 bridgehead atoms. The highest BCUT2D eigenvalue weighted by molar-refractivity contribution is 5.76. The predicted octanol–water partition coefficient (Wildman–Crippen LogP) is 2.62. The van der Waals surface area contributed by atoms with Crippen LogP contribution in [0.25, 0.3) is 0 Å². The minimum Gasteiger partial charge on any atom is -0.340 e. The van der Waals surface area contributed by atoms with Crippen LogP contribution in [0.5, 0.6) is 0 Å². The highest BCUT2D eigenvalue weighted by Gasteiger charge is 2.19. The molecule has 0 radical (unpaired) electrons. The first-order chi connectivity index (χ1) is 10.3. The summed E-state index contributed by atoms with van der Waals surface area (Å²) in [6.45, 7) is 8.06. The molecular formula is C17H35N3O. The average Bonchev–Trinajstić information content (AvgIpc) is 2.51. The fourth-order valence-electron chi connectivity index (χ4n) is 2.92. The molecule has 0 spiro atoms. The summed E-state index contributed by atoms with van der Waals surface area (Å²) in [5, 5.41) is 0. The van der Waals surface area contributed by atoms with Crippen LogP contribution in [0.3, 0.4) is 0 Å². The number of hydrogen-bond acceptors (Lipinski definition) is 3. The molecule has 1 rings (SSSR count). The number of nitrogens with zero attached hydrogens (tertiary/aromatic N) is 2. The van der Waals surface area contributed by atoms with E-state index < -0.39 is 0 Å². The zero-order chi connectivity index (χ0) is 15.3. The Labute approximate surface area is 131 Å². The van der Waals surface area contributed by atoms with Gasteiger partial charge in [-0.15, -0.1) is 0 Å². The lowest BCUT2D eigenvalue weighted by Gasteiger charge is -2.34. The van der Waals surface area contributed by atoms with Crippen molar-refractivity contribution >= 4 is 5.91 Å². The van der Waals surface area contributed by atoms with Crippen LogP contribution in [-0.2, 0) is 4.79 Å². The SMILES string of the molecule is CCCCCCCCC(=O)N1CCN(CCCCN)CC1. The van der Waals surface area contributed by atoms with Crippen LogP contribution in [-0.4, -0.2) is 55.0 Å². The van der Waals surface area contributed by atoms with Crippen molar-refractivity contribution in [1.82, 2.24) is 9.80 Å². The Morgan fingerprint density at radius 1 is 0.905 bits per heavy atom. The maximum absolute atomic E-state index is 12.1. The number of nitrogens with two attached hydrogens (primary N) is 1. The van der Waals surface area contributed by atoms with Gasteiger partial charge in [-0.05, 0) is 32.4 Å². The van der Waals surface area contributed by atoms with Crippen LogP contribution in [0.4, 0.5) is 0 Å². The van der Waals surface area contributed by atoms with Crippen LogP contribution in [0, 0.1) is 0 Å². The Morgan fingerprint density at radius 2 is 1.57 bits per heavy atom. The Morgan fingerprint density at radius 3 is 2.24 bits per heavy atom. The first kappa shape index (κ1) is 18.4. The highest BCUT2D eigenvalue weighted by Crippen LogP contribution is 2.10. The van der Waals surface area contributed by atoms with Gasteiger partial charge in [0.25, 0.3) is 0 Å². The summed E-state index contributed by atoms with van der Waals surface area (Å²) in [5.74, 6) is 0.368. The molecule has 0 saturated carbocycles. The number of hydrogen-bond donors (Lipinski definition) is 1. The van der Waals surface area contributed by atoms with E-state index in [9.17, 15) is 4.79 Å². The fourth-order valence-corrected chi connectivity index (χ4v) is 2.92. The Kier molecular flexibility index (Phi) is 10.5. The zero-order valence-corrected chi connectivity index (χ0v) is 14.0. The molecule has 1 aliphatic rings. The quantitative estimate of drug-likeness (QED) is 0.596. The van der Waals surface area contributed by atoms with E-state index in [1.165, 1.54) is 38.5 Å². The van der Waals surface area contributed by atoms with Gasteiger partial charge in [0.2, 0.25) is 5.91 Å². The molecule has 0 aliphatic carbocycles. The largest absolute Gasteiger partial charge is 0.340 e. The van der Waals surface area contributed by atoms with Crippen LogP contribution in [0.15, 0.2) is 0 Å². The van der Waals surface area contributed by atoms with Gasteiger partial charge in [-0.1, -0.05) is 39.0 Å². The predicted molar refractivity (Wildman–Crippen MR) is 89.3 cm³/mol. The summed E-state index contributed by atoms with van der Waals surface area (Å²) in [6, 6.07) is 0. The molecule has 1 fully saturated rings. The van der Waals surface area contributed by atoms with Crippen molar-refractivity contribution in [2.45, 2.75) is 64.7 Å². The van der Waals surface area contributed by atoms with Crippen LogP contribution in [0.1, 0.15) is 64.7 Å². The van der Waals surface area contributed by atoms with Crippen molar-refractivity contribution in [3.05, 3.63) is 0 Å². The first-order valence-corrected chi connectivity index (χ1v) is 8.98. The Balaban J connectivity index is 2.03. The van der Waals surface area contributed by atoms with E-state index in [0.29, 0.717) is 5.91 Å². The Hall–Kier alpha value is -0.610. The van der Waals surface area contributed by atoms with Crippen molar-refractivity contribution in [3.63, 3.8) is 0 Å².